The van der Waals surface area contributed by atoms with Gasteiger partial charge in [-0.25, -0.2) is 8.78 Å². The van der Waals surface area contributed by atoms with Crippen LogP contribution < -0.4 is 20.7 Å². The summed E-state index contributed by atoms with van der Waals surface area (Å²) in [5.41, 5.74) is -0.403. The van der Waals surface area contributed by atoms with Crippen molar-refractivity contribution in [3.63, 3.8) is 0 Å². The Balaban J connectivity index is 1.24. The van der Waals surface area contributed by atoms with Gasteiger partial charge in [0.2, 0.25) is 17.6 Å². The average Bonchev–Trinajstić information content (AvgIpc) is 3.38. The van der Waals surface area contributed by atoms with Crippen molar-refractivity contribution < 1.29 is 37.5 Å². The zero-order chi connectivity index (χ0) is 32.6. The summed E-state index contributed by atoms with van der Waals surface area (Å²) in [4.78, 5) is 74.8. The van der Waals surface area contributed by atoms with Gasteiger partial charge in [-0.1, -0.05) is 12.1 Å². The molecule has 0 bridgehead atoms. The summed E-state index contributed by atoms with van der Waals surface area (Å²) < 4.78 is 34.7. The fourth-order valence-electron chi connectivity index (χ4n) is 6.54. The fourth-order valence-corrected chi connectivity index (χ4v) is 6.54. The summed E-state index contributed by atoms with van der Waals surface area (Å²) in [6, 6.07) is 9.02. The molecule has 1 saturated carbocycles. The molecule has 2 aromatic heterocycles. The van der Waals surface area contributed by atoms with Crippen molar-refractivity contribution in [1.82, 2.24) is 30.8 Å². The van der Waals surface area contributed by atoms with Gasteiger partial charge in [-0.05, 0) is 56.0 Å². The topological polar surface area (TPSA) is 163 Å². The van der Waals surface area contributed by atoms with Gasteiger partial charge in [-0.15, -0.1) is 0 Å². The molecular formula is C32H34F2N6O6. The number of rotatable bonds is 10. The molecule has 3 aromatic rings. The molecule has 2 unspecified atom stereocenters. The average molecular weight is 637 g/mol. The number of hydrogen-bond acceptors (Lipinski definition) is 7. The number of piperidine rings is 1. The second-order valence-corrected chi connectivity index (χ2v) is 12.2. The summed E-state index contributed by atoms with van der Waals surface area (Å²) in [5.74, 6) is -7.04. The Morgan fingerprint density at radius 1 is 1.17 bits per heavy atom. The second kappa shape index (κ2) is 12.1. The van der Waals surface area contributed by atoms with Gasteiger partial charge in [0, 0.05) is 42.5 Å². The largest absolute Gasteiger partial charge is 0.496 e. The number of alkyl halides is 2. The number of fused-ring (bicyclic) bond motifs is 1. The maximum absolute atomic E-state index is 14.7. The number of halogens is 2. The Bertz CT molecular complexity index is 1700. The number of Topliss-reactive ketones (excluding diaryl/α,β-unsaturated/α-hetero) is 1. The van der Waals surface area contributed by atoms with Crippen LogP contribution in [0.2, 0.25) is 0 Å². The van der Waals surface area contributed by atoms with Gasteiger partial charge in [-0.2, -0.15) is 0 Å². The van der Waals surface area contributed by atoms with E-state index >= 15 is 0 Å². The monoisotopic (exact) mass is 636 g/mol. The molecule has 3 aliphatic rings. The molecule has 242 valence electrons. The van der Waals surface area contributed by atoms with Crippen LogP contribution in [-0.4, -0.2) is 82.5 Å². The Morgan fingerprint density at radius 3 is 2.67 bits per heavy atom. The Hall–Kier alpha value is -4.88. The highest BCUT2D eigenvalue weighted by Crippen LogP contribution is 2.66. The van der Waals surface area contributed by atoms with Crippen LogP contribution in [0.1, 0.15) is 48.3 Å². The van der Waals surface area contributed by atoms with Gasteiger partial charge < -0.3 is 30.6 Å². The Kier molecular flexibility index (Phi) is 8.21. The molecule has 4 amide bonds. The van der Waals surface area contributed by atoms with E-state index in [1.807, 2.05) is 0 Å². The molecule has 1 aromatic carbocycles. The number of ketones is 1. The van der Waals surface area contributed by atoms with Crippen molar-refractivity contribution >= 4 is 40.3 Å². The molecule has 2 aliphatic heterocycles. The number of ether oxygens (including phenoxy) is 1. The molecule has 4 N–H and O–H groups in total. The van der Waals surface area contributed by atoms with E-state index in [0.717, 1.165) is 4.90 Å². The van der Waals surface area contributed by atoms with E-state index in [4.69, 9.17) is 4.74 Å². The third-order valence-corrected chi connectivity index (χ3v) is 9.22. The number of benzene rings is 1. The maximum atomic E-state index is 14.7. The minimum absolute atomic E-state index is 0.0478. The number of carbonyl (C=O) groups excluding carboxylic acids is 5. The molecule has 0 radical (unpaired) electrons. The van der Waals surface area contributed by atoms with Crippen LogP contribution in [0.5, 0.6) is 5.75 Å². The van der Waals surface area contributed by atoms with Crippen LogP contribution in [0.3, 0.4) is 0 Å². The zero-order valence-electron chi connectivity index (χ0n) is 25.1. The molecule has 14 heteroatoms. The summed E-state index contributed by atoms with van der Waals surface area (Å²) in [6.45, 7) is 0.0609. The lowest BCUT2D eigenvalue weighted by Crippen LogP contribution is -2.54. The van der Waals surface area contributed by atoms with E-state index in [9.17, 15) is 32.8 Å². The first-order chi connectivity index (χ1) is 22.0. The van der Waals surface area contributed by atoms with Gasteiger partial charge >= 0.3 is 0 Å². The van der Waals surface area contributed by atoms with Crippen molar-refractivity contribution in [2.45, 2.75) is 56.7 Å². The molecule has 2 saturated heterocycles. The molecule has 6 rings (SSSR count). The summed E-state index contributed by atoms with van der Waals surface area (Å²) >= 11 is 0. The molecular weight excluding hydrogens is 602 g/mol. The zero-order valence-corrected chi connectivity index (χ0v) is 25.1. The number of amides is 4. The SMILES string of the molecule is COc1cccc2[nH]c(C(=O)N3C[C@]4(C[C@H]3C(=O)NC(CC3CCCNC3=O)C(=O)C(=O)NCc3ccccn3)CC4(F)F)cc12. The van der Waals surface area contributed by atoms with Gasteiger partial charge in [0.05, 0.1) is 30.8 Å². The first-order valence-electron chi connectivity index (χ1n) is 15.2. The van der Waals surface area contributed by atoms with Crippen molar-refractivity contribution in [3.05, 3.63) is 60.0 Å². The van der Waals surface area contributed by atoms with Crippen molar-refractivity contribution in [3.8, 4) is 5.75 Å². The summed E-state index contributed by atoms with van der Waals surface area (Å²) in [6.07, 6.45) is 1.65. The number of aromatic amines is 1. The second-order valence-electron chi connectivity index (χ2n) is 12.2. The number of nitrogens with zero attached hydrogens (tertiary/aromatic N) is 2. The molecule has 3 fully saturated rings. The lowest BCUT2D eigenvalue weighted by Gasteiger charge is -2.28. The molecule has 46 heavy (non-hydrogen) atoms. The first-order valence-corrected chi connectivity index (χ1v) is 15.2. The standard InChI is InChI=1S/C32H34F2N6O6/c1-46-25-9-4-8-21-20(25)13-23(38-21)30(45)40-17-31(16-32(31,33)34)14-24(40)28(43)39-22(12-18-6-5-11-36-27(18)42)26(41)29(44)37-15-19-7-2-3-10-35-19/h2-4,7-10,13,18,22,24,38H,5-6,11-12,14-17H2,1H3,(H,36,42)(H,37,44)(H,39,43)/t18?,22?,24-,31-/m0/s1. The van der Waals surface area contributed by atoms with Crippen molar-refractivity contribution in [2.24, 2.45) is 11.3 Å². The molecule has 4 heterocycles. The van der Waals surface area contributed by atoms with E-state index in [2.05, 4.69) is 25.9 Å². The fraction of sp³-hybridized carbons (Fsp3) is 0.438. The quantitative estimate of drug-likeness (QED) is 0.248. The van der Waals surface area contributed by atoms with Crippen LogP contribution in [0.15, 0.2) is 48.7 Å². The van der Waals surface area contributed by atoms with E-state index in [-0.39, 0.29) is 37.5 Å². The van der Waals surface area contributed by atoms with E-state index in [1.165, 1.54) is 13.3 Å². The third kappa shape index (κ3) is 5.90. The number of nitrogens with one attached hydrogen (secondary N) is 4. The normalized spacial score (nSPS) is 23.9. The predicted molar refractivity (Wildman–Crippen MR) is 160 cm³/mol. The van der Waals surface area contributed by atoms with Crippen molar-refractivity contribution in [1.29, 1.82) is 0 Å². The highest BCUT2D eigenvalue weighted by atomic mass is 19.3. The molecule has 12 nitrogen and oxygen atoms in total. The van der Waals surface area contributed by atoms with Crippen LogP contribution in [0.25, 0.3) is 10.9 Å². The summed E-state index contributed by atoms with van der Waals surface area (Å²) in [7, 11) is 1.48. The van der Waals surface area contributed by atoms with Gasteiger partial charge in [0.15, 0.2) is 0 Å². The Morgan fingerprint density at radius 2 is 1.98 bits per heavy atom. The highest BCUT2D eigenvalue weighted by Gasteiger charge is 2.75. The van der Waals surface area contributed by atoms with E-state index in [1.54, 1.807) is 42.5 Å². The number of H-pyrrole nitrogens is 1. The molecule has 4 atom stereocenters. The minimum atomic E-state index is -3.06. The van der Waals surface area contributed by atoms with Crippen LogP contribution in [-0.2, 0) is 25.7 Å². The number of aromatic nitrogens is 2. The number of methoxy groups -OCH3 is 1. The minimum Gasteiger partial charge on any atom is -0.496 e. The van der Waals surface area contributed by atoms with Crippen LogP contribution in [0, 0.1) is 11.3 Å². The van der Waals surface area contributed by atoms with Crippen LogP contribution >= 0.6 is 0 Å². The van der Waals surface area contributed by atoms with Gasteiger partial charge in [-0.3, -0.25) is 29.0 Å². The van der Waals surface area contributed by atoms with Crippen LogP contribution in [0.4, 0.5) is 8.78 Å². The lowest BCUT2D eigenvalue weighted by atomic mass is 9.89. The van der Waals surface area contributed by atoms with E-state index in [0.29, 0.717) is 41.7 Å². The summed E-state index contributed by atoms with van der Waals surface area (Å²) in [5, 5.41) is 8.39. The van der Waals surface area contributed by atoms with Gasteiger partial charge in [0.1, 0.15) is 17.5 Å². The number of carbonyl (C=O) groups is 5. The van der Waals surface area contributed by atoms with E-state index < -0.39 is 59.3 Å². The predicted octanol–water partition coefficient (Wildman–Crippen LogP) is 2.10. The number of hydrogen-bond donors (Lipinski definition) is 4. The number of likely N-dealkylation sites (tertiary alicyclic amines) is 1. The Labute approximate surface area is 262 Å². The maximum Gasteiger partial charge on any atom is 0.289 e. The molecule has 1 spiro atoms. The number of pyridine rings is 1. The van der Waals surface area contributed by atoms with Crippen molar-refractivity contribution in [2.75, 3.05) is 20.2 Å². The first kappa shape index (κ1) is 31.1. The van der Waals surface area contributed by atoms with Gasteiger partial charge in [0.25, 0.3) is 17.7 Å². The lowest BCUT2D eigenvalue weighted by molar-refractivity contribution is -0.141. The smallest absolute Gasteiger partial charge is 0.289 e. The third-order valence-electron chi connectivity index (χ3n) is 9.22. The molecule has 1 aliphatic carbocycles. The highest BCUT2D eigenvalue weighted by molar-refractivity contribution is 6.38.